The molecule has 1 N–H and O–H groups in total. The van der Waals surface area contributed by atoms with Crippen LogP contribution < -0.4 is 5.32 Å². The van der Waals surface area contributed by atoms with Crippen LogP contribution >= 0.6 is 21.6 Å². The number of amides is 1. The monoisotopic (exact) mass is 339 g/mol. The molecule has 0 aromatic rings. The molecule has 0 aromatic carbocycles. The van der Waals surface area contributed by atoms with E-state index in [0.29, 0.717) is 5.91 Å². The first kappa shape index (κ1) is 15.7. The van der Waals surface area contributed by atoms with E-state index in [4.69, 9.17) is 0 Å². The normalized spacial score (nSPS) is 42.7. The van der Waals surface area contributed by atoms with E-state index in [1.807, 2.05) is 10.8 Å². The number of hydrogen-bond acceptors (Lipinski definition) is 3. The second-order valence-corrected chi connectivity index (χ2v) is 11.1. The van der Waals surface area contributed by atoms with Crippen LogP contribution in [0, 0.1) is 17.8 Å². The first-order valence-electron chi connectivity index (χ1n) is 9.30. The molecule has 1 aliphatic heterocycles. The van der Waals surface area contributed by atoms with Crippen LogP contribution in [0.1, 0.15) is 70.6 Å². The zero-order chi connectivity index (χ0) is 15.0. The maximum Gasteiger partial charge on any atom is 0.220 e. The maximum absolute atomic E-state index is 12.4. The standard InChI is InChI=1S/C18H29NOS2/c20-17(4-2-1-3-16-5-6-21-22-16)19-18-10-13-7-14(11-18)9-15(8-13)12-18/h13-16H,1-12H2,(H,19,20). The summed E-state index contributed by atoms with van der Waals surface area (Å²) in [5.74, 6) is 4.42. The van der Waals surface area contributed by atoms with Gasteiger partial charge in [-0.1, -0.05) is 28.0 Å². The van der Waals surface area contributed by atoms with Crippen LogP contribution in [0.2, 0.25) is 0 Å². The molecule has 1 atom stereocenters. The van der Waals surface area contributed by atoms with Crippen molar-refractivity contribution in [3.05, 3.63) is 0 Å². The molecule has 1 unspecified atom stereocenters. The molecule has 5 aliphatic rings. The van der Waals surface area contributed by atoms with Crippen LogP contribution in [0.15, 0.2) is 0 Å². The van der Waals surface area contributed by atoms with Gasteiger partial charge < -0.3 is 5.32 Å². The average Bonchev–Trinajstić information content (AvgIpc) is 2.94. The summed E-state index contributed by atoms with van der Waals surface area (Å²) in [7, 11) is 4.08. The molecule has 5 rings (SSSR count). The fourth-order valence-corrected chi connectivity index (χ4v) is 8.87. The van der Waals surface area contributed by atoms with Gasteiger partial charge in [-0.05, 0) is 75.5 Å². The fourth-order valence-electron chi connectivity index (χ4n) is 5.84. The molecule has 1 heterocycles. The number of carbonyl (C=O) groups excluding carboxylic acids is 1. The summed E-state index contributed by atoms with van der Waals surface area (Å²) in [5, 5.41) is 4.36. The predicted octanol–water partition coefficient (Wildman–Crippen LogP) is 4.79. The highest BCUT2D eigenvalue weighted by Crippen LogP contribution is 2.55. The molecule has 0 aromatic heterocycles. The number of carbonyl (C=O) groups is 1. The molecule has 4 aliphatic carbocycles. The maximum atomic E-state index is 12.4. The molecular formula is C18H29NOS2. The van der Waals surface area contributed by atoms with E-state index < -0.39 is 0 Å². The Bertz CT molecular complexity index is 384. The summed E-state index contributed by atoms with van der Waals surface area (Å²) in [6.45, 7) is 0. The van der Waals surface area contributed by atoms with Crippen molar-refractivity contribution in [2.45, 2.75) is 81.4 Å². The van der Waals surface area contributed by atoms with Crippen molar-refractivity contribution in [3.63, 3.8) is 0 Å². The Hall–Kier alpha value is 0.170. The topological polar surface area (TPSA) is 29.1 Å². The Morgan fingerprint density at radius 2 is 1.73 bits per heavy atom. The highest BCUT2D eigenvalue weighted by Gasteiger charge is 2.51. The zero-order valence-corrected chi connectivity index (χ0v) is 15.2. The SMILES string of the molecule is O=C(CCCCC1CCSS1)NC12CC3CC(CC(C3)C1)C2. The van der Waals surface area contributed by atoms with Gasteiger partial charge in [0.2, 0.25) is 5.91 Å². The smallest absolute Gasteiger partial charge is 0.220 e. The molecule has 4 saturated carbocycles. The lowest BCUT2D eigenvalue weighted by molar-refractivity contribution is -0.127. The fraction of sp³-hybridized carbons (Fsp3) is 0.944. The molecule has 4 bridgehead atoms. The number of unbranched alkanes of at least 4 members (excludes halogenated alkanes) is 1. The molecule has 1 amide bonds. The number of rotatable bonds is 6. The summed E-state index contributed by atoms with van der Waals surface area (Å²) in [4.78, 5) is 12.4. The van der Waals surface area contributed by atoms with Crippen molar-refractivity contribution in [2.75, 3.05) is 5.75 Å². The van der Waals surface area contributed by atoms with Gasteiger partial charge in [-0.2, -0.15) is 0 Å². The van der Waals surface area contributed by atoms with Crippen molar-refractivity contribution in [1.29, 1.82) is 0 Å². The van der Waals surface area contributed by atoms with Gasteiger partial charge in [0.05, 0.1) is 0 Å². The van der Waals surface area contributed by atoms with Crippen LogP contribution in [0.3, 0.4) is 0 Å². The van der Waals surface area contributed by atoms with E-state index in [2.05, 4.69) is 16.1 Å². The lowest BCUT2D eigenvalue weighted by atomic mass is 9.53. The van der Waals surface area contributed by atoms with Crippen molar-refractivity contribution < 1.29 is 4.79 Å². The van der Waals surface area contributed by atoms with Crippen molar-refractivity contribution in [1.82, 2.24) is 5.32 Å². The first-order valence-corrected chi connectivity index (χ1v) is 11.7. The van der Waals surface area contributed by atoms with E-state index in [-0.39, 0.29) is 5.54 Å². The lowest BCUT2D eigenvalue weighted by Gasteiger charge is -2.56. The minimum Gasteiger partial charge on any atom is -0.351 e. The quantitative estimate of drug-likeness (QED) is 0.557. The average molecular weight is 340 g/mol. The molecule has 0 spiro atoms. The summed E-state index contributed by atoms with van der Waals surface area (Å²) >= 11 is 0. The third kappa shape index (κ3) is 3.48. The van der Waals surface area contributed by atoms with E-state index in [0.717, 1.165) is 35.8 Å². The Morgan fingerprint density at radius 1 is 1.05 bits per heavy atom. The number of hydrogen-bond donors (Lipinski definition) is 1. The molecular weight excluding hydrogens is 310 g/mol. The van der Waals surface area contributed by atoms with E-state index in [1.54, 1.807) is 0 Å². The molecule has 4 heteroatoms. The van der Waals surface area contributed by atoms with E-state index >= 15 is 0 Å². The Kier molecular flexibility index (Phi) is 4.69. The summed E-state index contributed by atoms with van der Waals surface area (Å²) in [6, 6.07) is 0. The minimum atomic E-state index is 0.212. The predicted molar refractivity (Wildman–Crippen MR) is 96.0 cm³/mol. The van der Waals surface area contributed by atoms with Crippen molar-refractivity contribution in [3.8, 4) is 0 Å². The molecule has 0 radical (unpaired) electrons. The van der Waals surface area contributed by atoms with E-state index in [1.165, 1.54) is 63.5 Å². The molecule has 124 valence electrons. The zero-order valence-electron chi connectivity index (χ0n) is 13.5. The summed E-state index contributed by atoms with van der Waals surface area (Å²) in [6.07, 6.45) is 13.9. The van der Waals surface area contributed by atoms with Gasteiger partial charge in [0, 0.05) is 23.0 Å². The van der Waals surface area contributed by atoms with Crippen LogP contribution in [-0.4, -0.2) is 22.4 Å². The number of nitrogens with one attached hydrogen (secondary N) is 1. The first-order chi connectivity index (χ1) is 10.7. The molecule has 5 fully saturated rings. The minimum absolute atomic E-state index is 0.212. The van der Waals surface area contributed by atoms with Crippen LogP contribution in [0.25, 0.3) is 0 Å². The van der Waals surface area contributed by atoms with E-state index in [9.17, 15) is 4.79 Å². The lowest BCUT2D eigenvalue weighted by Crippen LogP contribution is -2.59. The van der Waals surface area contributed by atoms with Gasteiger partial charge in [0.25, 0.3) is 0 Å². The van der Waals surface area contributed by atoms with Gasteiger partial charge in [-0.3, -0.25) is 4.79 Å². The van der Waals surface area contributed by atoms with Crippen LogP contribution in [0.5, 0.6) is 0 Å². The van der Waals surface area contributed by atoms with Crippen molar-refractivity contribution in [2.24, 2.45) is 17.8 Å². The third-order valence-electron chi connectivity index (χ3n) is 6.35. The van der Waals surface area contributed by atoms with Crippen LogP contribution in [-0.2, 0) is 4.79 Å². The van der Waals surface area contributed by atoms with Crippen LogP contribution in [0.4, 0.5) is 0 Å². The Morgan fingerprint density at radius 3 is 2.32 bits per heavy atom. The van der Waals surface area contributed by atoms with Gasteiger partial charge in [0.1, 0.15) is 0 Å². The highest BCUT2D eigenvalue weighted by atomic mass is 33.1. The van der Waals surface area contributed by atoms with Gasteiger partial charge in [-0.15, -0.1) is 0 Å². The largest absolute Gasteiger partial charge is 0.351 e. The van der Waals surface area contributed by atoms with Crippen molar-refractivity contribution >= 4 is 27.5 Å². The highest BCUT2D eigenvalue weighted by molar-refractivity contribution is 8.77. The van der Waals surface area contributed by atoms with Gasteiger partial charge in [0.15, 0.2) is 0 Å². The van der Waals surface area contributed by atoms with Gasteiger partial charge >= 0.3 is 0 Å². The summed E-state index contributed by atoms with van der Waals surface area (Å²) < 4.78 is 0. The molecule has 1 saturated heterocycles. The Labute approximate surface area is 142 Å². The third-order valence-corrected chi connectivity index (χ3v) is 9.36. The second-order valence-electron chi connectivity index (χ2n) is 8.32. The van der Waals surface area contributed by atoms with Gasteiger partial charge in [-0.25, -0.2) is 0 Å². The molecule has 22 heavy (non-hydrogen) atoms. The Balaban J connectivity index is 1.20. The second kappa shape index (κ2) is 6.58. The summed E-state index contributed by atoms with van der Waals surface area (Å²) in [5.41, 5.74) is 0.212. The molecule has 2 nitrogen and oxygen atoms in total.